The summed E-state index contributed by atoms with van der Waals surface area (Å²) in [5.74, 6) is -7.84. The number of carboxylic acids is 1. The number of aromatic carboxylic acids is 1. The largest absolute Gasteiger partial charge is 0.478 e. The average molecular weight is 677 g/mol. The van der Waals surface area contributed by atoms with E-state index in [9.17, 15) is 37.5 Å². The molecule has 1 aliphatic rings. The number of benzene rings is 3. The minimum atomic E-state index is -1.65. The first-order valence-electron chi connectivity index (χ1n) is 14.5. The van der Waals surface area contributed by atoms with Crippen LogP contribution in [0.1, 0.15) is 76.4 Å². The quantitative estimate of drug-likeness (QED) is 0.160. The number of halogens is 4. The number of rotatable bonds is 8. The number of nitrogens with zero attached hydrogens (tertiary/aromatic N) is 3. The zero-order valence-corrected chi connectivity index (χ0v) is 25.7. The van der Waals surface area contributed by atoms with Crippen LogP contribution in [0.2, 0.25) is 5.02 Å². The van der Waals surface area contributed by atoms with Gasteiger partial charge < -0.3 is 21.1 Å². The lowest BCUT2D eigenvalue weighted by Gasteiger charge is -2.16. The molecule has 1 atom stereocenters. The SMILES string of the molecule is Cc1c(C(=O)O)ccc2c1CC[C@@H]2NC(=O)c1cc(C(=O)NCc2cc(F)c(F)c(F)c2)nc2c(C(=O)Nc3ccccc3Cl)cnn12. The second-order valence-electron chi connectivity index (χ2n) is 11.0. The van der Waals surface area contributed by atoms with Crippen molar-refractivity contribution in [2.75, 3.05) is 5.32 Å². The van der Waals surface area contributed by atoms with Gasteiger partial charge in [0, 0.05) is 12.6 Å². The summed E-state index contributed by atoms with van der Waals surface area (Å²) in [5, 5.41) is 21.9. The Bertz CT molecular complexity index is 2150. The topological polar surface area (TPSA) is 155 Å². The molecule has 2 aromatic heterocycles. The maximum Gasteiger partial charge on any atom is 0.335 e. The predicted molar refractivity (Wildman–Crippen MR) is 167 cm³/mol. The molecule has 0 unspecified atom stereocenters. The van der Waals surface area contributed by atoms with E-state index in [-0.39, 0.29) is 44.4 Å². The first kappa shape index (κ1) is 32.2. The normalized spacial score (nSPS) is 13.6. The number of hydrogen-bond donors (Lipinski definition) is 4. The molecule has 0 bridgehead atoms. The van der Waals surface area contributed by atoms with Crippen LogP contribution in [0, 0.1) is 24.4 Å². The molecule has 0 spiro atoms. The van der Waals surface area contributed by atoms with Crippen molar-refractivity contribution in [2.24, 2.45) is 0 Å². The minimum Gasteiger partial charge on any atom is -0.478 e. The monoisotopic (exact) mass is 676 g/mol. The molecule has 244 valence electrons. The molecule has 6 rings (SSSR count). The fraction of sp³-hybridized carbons (Fsp3) is 0.152. The third kappa shape index (κ3) is 6.05. The third-order valence-corrected chi connectivity index (χ3v) is 8.36. The Morgan fingerprint density at radius 2 is 1.71 bits per heavy atom. The summed E-state index contributed by atoms with van der Waals surface area (Å²) >= 11 is 6.19. The predicted octanol–water partition coefficient (Wildman–Crippen LogP) is 5.41. The Hall–Kier alpha value is -5.76. The van der Waals surface area contributed by atoms with Crippen molar-refractivity contribution in [3.63, 3.8) is 0 Å². The molecule has 11 nitrogen and oxygen atoms in total. The van der Waals surface area contributed by atoms with Gasteiger partial charge >= 0.3 is 5.97 Å². The minimum absolute atomic E-state index is 0.0794. The van der Waals surface area contributed by atoms with Crippen LogP contribution in [0.3, 0.4) is 0 Å². The van der Waals surface area contributed by atoms with Gasteiger partial charge in [0.15, 0.2) is 23.1 Å². The summed E-state index contributed by atoms with van der Waals surface area (Å²) in [4.78, 5) is 56.3. The smallest absolute Gasteiger partial charge is 0.335 e. The lowest BCUT2D eigenvalue weighted by Crippen LogP contribution is -2.31. The van der Waals surface area contributed by atoms with E-state index < -0.39 is 53.7 Å². The summed E-state index contributed by atoms with van der Waals surface area (Å²) < 4.78 is 42.0. The van der Waals surface area contributed by atoms with Gasteiger partial charge in [0.2, 0.25) is 0 Å². The lowest BCUT2D eigenvalue weighted by molar-refractivity contribution is 0.0695. The molecule has 0 radical (unpaired) electrons. The number of nitrogens with one attached hydrogen (secondary N) is 3. The molecule has 48 heavy (non-hydrogen) atoms. The summed E-state index contributed by atoms with van der Waals surface area (Å²) in [7, 11) is 0. The van der Waals surface area contributed by atoms with Gasteiger partial charge in [-0.3, -0.25) is 14.4 Å². The molecule has 0 saturated carbocycles. The van der Waals surface area contributed by atoms with Crippen LogP contribution in [0.4, 0.5) is 18.9 Å². The number of para-hydroxylation sites is 1. The zero-order valence-electron chi connectivity index (χ0n) is 24.9. The third-order valence-electron chi connectivity index (χ3n) is 8.03. The molecule has 0 saturated heterocycles. The molecule has 15 heteroatoms. The number of carbonyl (C=O) groups is 4. The van der Waals surface area contributed by atoms with Crippen LogP contribution < -0.4 is 16.0 Å². The molecule has 0 fully saturated rings. The van der Waals surface area contributed by atoms with E-state index in [1.54, 1.807) is 37.3 Å². The first-order chi connectivity index (χ1) is 22.9. The summed E-state index contributed by atoms with van der Waals surface area (Å²) in [5.41, 5.74) is 1.75. The van der Waals surface area contributed by atoms with E-state index in [4.69, 9.17) is 11.6 Å². The van der Waals surface area contributed by atoms with Crippen molar-refractivity contribution < 1.29 is 37.5 Å². The second kappa shape index (κ2) is 12.8. The number of carbonyl (C=O) groups excluding carboxylic acids is 3. The van der Waals surface area contributed by atoms with Gasteiger partial charge in [0.05, 0.1) is 28.5 Å². The van der Waals surface area contributed by atoms with Gasteiger partial charge in [0.25, 0.3) is 17.7 Å². The van der Waals surface area contributed by atoms with E-state index in [0.29, 0.717) is 18.4 Å². The summed E-state index contributed by atoms with van der Waals surface area (Å²) in [6.45, 7) is 1.29. The van der Waals surface area contributed by atoms with E-state index in [1.807, 2.05) is 0 Å². The van der Waals surface area contributed by atoms with Crippen molar-refractivity contribution in [3.8, 4) is 0 Å². The van der Waals surface area contributed by atoms with Crippen LogP contribution in [0.5, 0.6) is 0 Å². The Labute approximate surface area is 274 Å². The number of aromatic nitrogens is 3. The summed E-state index contributed by atoms with van der Waals surface area (Å²) in [6.07, 6.45) is 2.16. The number of anilines is 1. The van der Waals surface area contributed by atoms with Crippen LogP contribution in [-0.4, -0.2) is 43.4 Å². The Morgan fingerprint density at radius 1 is 0.979 bits per heavy atom. The van der Waals surface area contributed by atoms with Crippen molar-refractivity contribution in [3.05, 3.63) is 128 Å². The molecule has 0 aliphatic heterocycles. The zero-order chi connectivity index (χ0) is 34.3. The van der Waals surface area contributed by atoms with Crippen molar-refractivity contribution in [1.29, 1.82) is 0 Å². The van der Waals surface area contributed by atoms with Crippen LogP contribution >= 0.6 is 11.6 Å². The Morgan fingerprint density at radius 3 is 2.42 bits per heavy atom. The van der Waals surface area contributed by atoms with E-state index in [0.717, 1.165) is 33.8 Å². The highest BCUT2D eigenvalue weighted by Gasteiger charge is 2.30. The van der Waals surface area contributed by atoms with Crippen LogP contribution in [0.25, 0.3) is 5.65 Å². The molecule has 4 N–H and O–H groups in total. The highest BCUT2D eigenvalue weighted by atomic mass is 35.5. The fourth-order valence-electron chi connectivity index (χ4n) is 5.63. The molecule has 1 aliphatic carbocycles. The molecular weight excluding hydrogens is 653 g/mol. The first-order valence-corrected chi connectivity index (χ1v) is 14.8. The van der Waals surface area contributed by atoms with Crippen LogP contribution in [0.15, 0.2) is 60.8 Å². The number of hydrogen-bond acceptors (Lipinski definition) is 6. The summed E-state index contributed by atoms with van der Waals surface area (Å²) in [6, 6.07) is 11.7. The lowest BCUT2D eigenvalue weighted by atomic mass is 9.98. The van der Waals surface area contributed by atoms with Crippen molar-refractivity contribution in [2.45, 2.75) is 32.4 Å². The van der Waals surface area contributed by atoms with Gasteiger partial charge in [-0.05, 0) is 72.4 Å². The van der Waals surface area contributed by atoms with Crippen molar-refractivity contribution in [1.82, 2.24) is 25.2 Å². The number of fused-ring (bicyclic) bond motifs is 2. The average Bonchev–Trinajstić information content (AvgIpc) is 3.68. The Kier molecular flexibility index (Phi) is 8.58. The van der Waals surface area contributed by atoms with Gasteiger partial charge in [-0.2, -0.15) is 5.10 Å². The fourth-order valence-corrected chi connectivity index (χ4v) is 5.81. The van der Waals surface area contributed by atoms with Gasteiger partial charge in [-0.1, -0.05) is 29.8 Å². The Balaban J connectivity index is 1.35. The molecular formula is C33H24ClF3N6O5. The second-order valence-corrected chi connectivity index (χ2v) is 11.4. The highest BCUT2D eigenvalue weighted by Crippen LogP contribution is 2.35. The maximum absolute atomic E-state index is 13.8. The molecule has 5 aromatic rings. The molecule has 3 amide bonds. The molecule has 3 aromatic carbocycles. The number of amides is 3. The maximum atomic E-state index is 13.8. The van der Waals surface area contributed by atoms with Gasteiger partial charge in [-0.15, -0.1) is 0 Å². The van der Waals surface area contributed by atoms with Crippen molar-refractivity contribution >= 4 is 46.6 Å². The standard InChI is InChI=1S/C33H24ClF3N6O5/c1-15-17-8-9-24(19(17)7-6-18(15)33(47)48)41-32(46)27-12-26(31(45)38-13-16-10-22(35)28(37)23(36)11-16)40-29-20(14-39-43(27)29)30(44)42-25-5-3-2-4-21(25)34/h2-7,10-12,14,24H,8-9,13H2,1H3,(H,38,45)(H,41,46)(H,42,44)(H,47,48)/t24-/m0/s1. The molecule has 2 heterocycles. The van der Waals surface area contributed by atoms with Gasteiger partial charge in [-0.25, -0.2) is 27.5 Å². The highest BCUT2D eigenvalue weighted by molar-refractivity contribution is 6.34. The van der Waals surface area contributed by atoms with E-state index in [1.165, 1.54) is 12.3 Å². The van der Waals surface area contributed by atoms with E-state index >= 15 is 0 Å². The van der Waals surface area contributed by atoms with Crippen LogP contribution in [-0.2, 0) is 13.0 Å². The van der Waals surface area contributed by atoms with E-state index in [2.05, 4.69) is 26.0 Å². The van der Waals surface area contributed by atoms with Gasteiger partial charge in [0.1, 0.15) is 17.0 Å². The number of carboxylic acid groups (broad SMARTS) is 1.